The molecule has 0 fully saturated rings. The molecule has 0 radical (unpaired) electrons. The Hall–Kier alpha value is -3.62. The molecule has 0 aromatic heterocycles. The molecule has 1 amide bonds. The summed E-state index contributed by atoms with van der Waals surface area (Å²) in [6, 6.07) is 25.9. The summed E-state index contributed by atoms with van der Waals surface area (Å²) in [5.74, 6) is -1.12. The van der Waals surface area contributed by atoms with Crippen molar-refractivity contribution in [3.8, 4) is 6.07 Å². The van der Waals surface area contributed by atoms with Gasteiger partial charge < -0.3 is 10.1 Å². The van der Waals surface area contributed by atoms with Crippen LogP contribution in [0.15, 0.2) is 78.9 Å². The molecule has 5 nitrogen and oxygen atoms in total. The van der Waals surface area contributed by atoms with Gasteiger partial charge in [-0.15, -0.1) is 0 Å². The van der Waals surface area contributed by atoms with Crippen LogP contribution in [0.5, 0.6) is 0 Å². The fourth-order valence-corrected chi connectivity index (χ4v) is 3.27. The average Bonchev–Trinajstić information content (AvgIpc) is 2.77. The second kappa shape index (κ2) is 10.2. The second-order valence-corrected chi connectivity index (χ2v) is 7.00. The van der Waals surface area contributed by atoms with Crippen molar-refractivity contribution in [2.45, 2.75) is 12.3 Å². The minimum atomic E-state index is -0.486. The number of esters is 1. The predicted octanol–water partition coefficient (Wildman–Crippen LogP) is 4.92. The number of amides is 1. The zero-order valence-electron chi connectivity index (χ0n) is 16.0. The van der Waals surface area contributed by atoms with Crippen molar-refractivity contribution in [1.29, 1.82) is 5.26 Å². The zero-order chi connectivity index (χ0) is 21.3. The van der Waals surface area contributed by atoms with Gasteiger partial charge in [0.05, 0.1) is 17.0 Å². The largest absolute Gasteiger partial charge is 0.456 e. The molecular formula is C24H19ClN2O3. The molecule has 0 aliphatic rings. The highest BCUT2D eigenvalue weighted by molar-refractivity contribution is 6.32. The van der Waals surface area contributed by atoms with Gasteiger partial charge in [0.15, 0.2) is 6.61 Å². The van der Waals surface area contributed by atoms with Crippen LogP contribution in [0.25, 0.3) is 0 Å². The van der Waals surface area contributed by atoms with Gasteiger partial charge in [-0.3, -0.25) is 9.59 Å². The molecule has 0 aliphatic heterocycles. The van der Waals surface area contributed by atoms with Crippen molar-refractivity contribution in [2.24, 2.45) is 0 Å². The Bertz CT molecular complexity index is 1020. The third-order valence-electron chi connectivity index (χ3n) is 4.51. The minimum absolute atomic E-state index is 0.115. The molecule has 150 valence electrons. The Labute approximate surface area is 179 Å². The number of benzene rings is 3. The van der Waals surface area contributed by atoms with Crippen molar-refractivity contribution >= 4 is 29.2 Å². The lowest BCUT2D eigenvalue weighted by atomic mass is 9.89. The highest BCUT2D eigenvalue weighted by Gasteiger charge is 2.19. The Balaban J connectivity index is 1.60. The monoisotopic (exact) mass is 418 g/mol. The molecule has 0 atom stereocenters. The van der Waals surface area contributed by atoms with Crippen LogP contribution < -0.4 is 5.32 Å². The van der Waals surface area contributed by atoms with Crippen molar-refractivity contribution in [1.82, 2.24) is 0 Å². The normalized spacial score (nSPS) is 10.3. The summed E-state index contributed by atoms with van der Waals surface area (Å²) >= 11 is 5.96. The van der Waals surface area contributed by atoms with Crippen molar-refractivity contribution in [2.75, 3.05) is 11.9 Å². The lowest BCUT2D eigenvalue weighted by Gasteiger charge is -2.17. The number of anilines is 1. The minimum Gasteiger partial charge on any atom is -0.456 e. The molecule has 0 unspecified atom stereocenters. The Morgan fingerprint density at radius 2 is 1.57 bits per heavy atom. The summed E-state index contributed by atoms with van der Waals surface area (Å²) < 4.78 is 5.19. The number of hydrogen-bond acceptors (Lipinski definition) is 4. The lowest BCUT2D eigenvalue weighted by molar-refractivity contribution is -0.147. The summed E-state index contributed by atoms with van der Waals surface area (Å²) in [5.41, 5.74) is 2.73. The number of carbonyl (C=O) groups excluding carboxylic acids is 2. The quantitative estimate of drug-likeness (QED) is 0.552. The van der Waals surface area contributed by atoms with Gasteiger partial charge in [-0.2, -0.15) is 5.26 Å². The van der Waals surface area contributed by atoms with E-state index in [-0.39, 0.29) is 17.4 Å². The van der Waals surface area contributed by atoms with Gasteiger partial charge in [0, 0.05) is 11.6 Å². The third kappa shape index (κ3) is 5.69. The molecule has 6 heteroatoms. The first-order chi connectivity index (χ1) is 14.6. The van der Waals surface area contributed by atoms with Crippen LogP contribution in [0.1, 0.15) is 29.0 Å². The standard InChI is InChI=1S/C24H19ClN2O3/c25-22-13-20(12-11-19(22)15-26)27-23(28)16-30-24(29)14-21(17-7-3-1-4-8-17)18-9-5-2-6-10-18/h1-13,21H,14,16H2,(H,27,28). The van der Waals surface area contributed by atoms with E-state index in [0.29, 0.717) is 11.3 Å². The lowest BCUT2D eigenvalue weighted by Crippen LogP contribution is -2.22. The zero-order valence-corrected chi connectivity index (χ0v) is 16.8. The van der Waals surface area contributed by atoms with E-state index in [1.807, 2.05) is 66.7 Å². The van der Waals surface area contributed by atoms with Crippen molar-refractivity contribution in [3.63, 3.8) is 0 Å². The summed E-state index contributed by atoms with van der Waals surface area (Å²) in [6.07, 6.45) is 0.115. The van der Waals surface area contributed by atoms with Crippen LogP contribution in [0.4, 0.5) is 5.69 Å². The van der Waals surface area contributed by atoms with E-state index < -0.39 is 18.5 Å². The van der Waals surface area contributed by atoms with E-state index in [1.165, 1.54) is 12.1 Å². The number of nitriles is 1. The summed E-state index contributed by atoms with van der Waals surface area (Å²) in [4.78, 5) is 24.5. The first kappa shape index (κ1) is 21.1. The van der Waals surface area contributed by atoms with Crippen LogP contribution in [0.3, 0.4) is 0 Å². The fourth-order valence-electron chi connectivity index (χ4n) is 3.05. The number of nitrogens with one attached hydrogen (secondary N) is 1. The SMILES string of the molecule is N#Cc1ccc(NC(=O)COC(=O)CC(c2ccccc2)c2ccccc2)cc1Cl. The fraction of sp³-hybridized carbons (Fsp3) is 0.125. The maximum Gasteiger partial charge on any atom is 0.307 e. The number of halogens is 1. The molecule has 0 saturated carbocycles. The van der Waals surface area contributed by atoms with E-state index in [0.717, 1.165) is 11.1 Å². The van der Waals surface area contributed by atoms with Gasteiger partial charge in [-0.25, -0.2) is 0 Å². The number of nitrogens with zero attached hydrogens (tertiary/aromatic N) is 1. The van der Waals surface area contributed by atoms with Crippen LogP contribution in [-0.4, -0.2) is 18.5 Å². The van der Waals surface area contributed by atoms with E-state index >= 15 is 0 Å². The Morgan fingerprint density at radius 3 is 2.10 bits per heavy atom. The van der Waals surface area contributed by atoms with Gasteiger partial charge in [0.1, 0.15) is 6.07 Å². The van der Waals surface area contributed by atoms with Crippen molar-refractivity contribution < 1.29 is 14.3 Å². The second-order valence-electron chi connectivity index (χ2n) is 6.59. The summed E-state index contributed by atoms with van der Waals surface area (Å²) in [5, 5.41) is 11.7. The molecule has 0 bridgehead atoms. The molecule has 0 spiro atoms. The number of ether oxygens (including phenoxy) is 1. The molecule has 3 aromatic rings. The van der Waals surface area contributed by atoms with Crippen LogP contribution in [0.2, 0.25) is 5.02 Å². The molecule has 0 aliphatic carbocycles. The van der Waals surface area contributed by atoms with Crippen LogP contribution in [0, 0.1) is 11.3 Å². The number of hydrogen-bond donors (Lipinski definition) is 1. The van der Waals surface area contributed by atoms with Crippen molar-refractivity contribution in [3.05, 3.63) is 101 Å². The van der Waals surface area contributed by atoms with Gasteiger partial charge in [-0.05, 0) is 29.3 Å². The van der Waals surface area contributed by atoms with E-state index in [2.05, 4.69) is 5.32 Å². The van der Waals surface area contributed by atoms with E-state index in [9.17, 15) is 9.59 Å². The maximum atomic E-state index is 12.4. The van der Waals surface area contributed by atoms with Gasteiger partial charge >= 0.3 is 5.97 Å². The van der Waals surface area contributed by atoms with E-state index in [1.54, 1.807) is 6.07 Å². The topological polar surface area (TPSA) is 79.2 Å². The molecule has 1 N–H and O–H groups in total. The average molecular weight is 419 g/mol. The summed E-state index contributed by atoms with van der Waals surface area (Å²) in [7, 11) is 0. The van der Waals surface area contributed by atoms with E-state index in [4.69, 9.17) is 21.6 Å². The molecule has 3 rings (SSSR count). The highest BCUT2D eigenvalue weighted by atomic mass is 35.5. The van der Waals surface area contributed by atoms with Gasteiger partial charge in [0.25, 0.3) is 5.91 Å². The Kier molecular flexibility index (Phi) is 7.20. The first-order valence-corrected chi connectivity index (χ1v) is 9.69. The number of rotatable bonds is 7. The molecular weight excluding hydrogens is 400 g/mol. The summed E-state index contributed by atoms with van der Waals surface area (Å²) in [6.45, 7) is -0.410. The van der Waals surface area contributed by atoms with Gasteiger partial charge in [-0.1, -0.05) is 72.3 Å². The highest BCUT2D eigenvalue weighted by Crippen LogP contribution is 2.28. The smallest absolute Gasteiger partial charge is 0.307 e. The van der Waals surface area contributed by atoms with Gasteiger partial charge in [0.2, 0.25) is 0 Å². The number of carbonyl (C=O) groups is 2. The molecule has 0 saturated heterocycles. The maximum absolute atomic E-state index is 12.4. The Morgan fingerprint density at radius 1 is 0.967 bits per heavy atom. The molecule has 30 heavy (non-hydrogen) atoms. The molecule has 0 heterocycles. The molecule has 3 aromatic carbocycles. The first-order valence-electron chi connectivity index (χ1n) is 9.32. The van der Waals surface area contributed by atoms with Crippen LogP contribution in [-0.2, 0) is 14.3 Å². The van der Waals surface area contributed by atoms with Crippen LogP contribution >= 0.6 is 11.6 Å². The third-order valence-corrected chi connectivity index (χ3v) is 4.82. The predicted molar refractivity (Wildman–Crippen MR) is 115 cm³/mol.